The molecule has 18 heavy (non-hydrogen) atoms. The Bertz CT molecular complexity index is 606. The van der Waals surface area contributed by atoms with Crippen molar-refractivity contribution in [2.24, 2.45) is 0 Å². The summed E-state index contributed by atoms with van der Waals surface area (Å²) >= 11 is 0. The fourth-order valence-electron chi connectivity index (χ4n) is 2.08. The smallest absolute Gasteiger partial charge is 0.254 e. The minimum Gasteiger partial charge on any atom is -0.328 e. The van der Waals surface area contributed by atoms with Crippen LogP contribution in [0.4, 0.5) is 0 Å². The molecule has 0 saturated carbocycles. The fraction of sp³-hybridized carbons (Fsp3) is 0.167. The van der Waals surface area contributed by atoms with Crippen molar-refractivity contribution < 1.29 is 9.59 Å². The third kappa shape index (κ3) is 1.58. The average Bonchev–Trinajstić information content (AvgIpc) is 2.98. The van der Waals surface area contributed by atoms with Gasteiger partial charge in [-0.05, 0) is 12.1 Å². The van der Waals surface area contributed by atoms with Crippen LogP contribution in [0.15, 0.2) is 24.5 Å². The zero-order valence-electron chi connectivity index (χ0n) is 9.46. The van der Waals surface area contributed by atoms with Crippen LogP contribution in [-0.2, 0) is 13.1 Å². The van der Waals surface area contributed by atoms with Crippen LogP contribution in [0.25, 0.3) is 0 Å². The van der Waals surface area contributed by atoms with Crippen LogP contribution in [0.5, 0.6) is 0 Å². The number of aromatic nitrogens is 3. The lowest BCUT2D eigenvalue weighted by Gasteiger charge is -2.15. The Balaban J connectivity index is 1.84. The number of carbonyl (C=O) groups is 2. The quantitative estimate of drug-likeness (QED) is 0.789. The molecule has 0 radical (unpaired) electrons. The summed E-state index contributed by atoms with van der Waals surface area (Å²) in [4.78, 5) is 28.5. The van der Waals surface area contributed by atoms with Gasteiger partial charge in [0.25, 0.3) is 5.91 Å². The number of amides is 1. The zero-order valence-corrected chi connectivity index (χ0v) is 9.46. The number of fused-ring (bicyclic) bond motifs is 1. The van der Waals surface area contributed by atoms with E-state index in [4.69, 9.17) is 0 Å². The molecule has 0 fully saturated rings. The molecule has 0 bridgehead atoms. The van der Waals surface area contributed by atoms with Gasteiger partial charge in [0.1, 0.15) is 5.69 Å². The maximum absolute atomic E-state index is 12.2. The van der Waals surface area contributed by atoms with Gasteiger partial charge in [-0.1, -0.05) is 0 Å². The highest BCUT2D eigenvalue weighted by Crippen LogP contribution is 2.24. The first-order valence-corrected chi connectivity index (χ1v) is 5.50. The predicted octanol–water partition coefficient (Wildman–Crippen LogP) is 0.773. The Morgan fingerprint density at radius 2 is 2.11 bits per heavy atom. The molecule has 0 spiro atoms. The first-order chi connectivity index (χ1) is 8.79. The largest absolute Gasteiger partial charge is 0.328 e. The van der Waals surface area contributed by atoms with Crippen LogP contribution >= 0.6 is 0 Å². The van der Waals surface area contributed by atoms with Crippen LogP contribution in [0.2, 0.25) is 0 Å². The summed E-state index contributed by atoms with van der Waals surface area (Å²) in [5, 5.41) is 6.67. The molecule has 2 aromatic rings. The fourth-order valence-corrected chi connectivity index (χ4v) is 2.08. The molecule has 0 aromatic carbocycles. The van der Waals surface area contributed by atoms with Crippen LogP contribution in [0, 0.1) is 0 Å². The van der Waals surface area contributed by atoms with Gasteiger partial charge in [-0.15, -0.1) is 0 Å². The maximum atomic E-state index is 12.2. The SMILES string of the molecule is O=Cc1n[nH]c2c1CN(C(=O)c1ccncc1)C2. The zero-order chi connectivity index (χ0) is 12.5. The Labute approximate surface area is 103 Å². The van der Waals surface area contributed by atoms with E-state index in [0.29, 0.717) is 30.6 Å². The summed E-state index contributed by atoms with van der Waals surface area (Å²) < 4.78 is 0. The van der Waals surface area contributed by atoms with Crippen molar-refractivity contribution in [3.05, 3.63) is 47.0 Å². The molecule has 0 saturated heterocycles. The van der Waals surface area contributed by atoms with Crippen molar-refractivity contribution >= 4 is 12.2 Å². The first-order valence-electron chi connectivity index (χ1n) is 5.50. The summed E-state index contributed by atoms with van der Waals surface area (Å²) in [6.07, 6.45) is 3.87. The van der Waals surface area contributed by atoms with E-state index in [1.165, 1.54) is 0 Å². The van der Waals surface area contributed by atoms with E-state index in [1.807, 2.05) is 0 Å². The highest BCUT2D eigenvalue weighted by molar-refractivity contribution is 5.94. The number of H-pyrrole nitrogens is 1. The second kappa shape index (κ2) is 4.06. The third-order valence-electron chi connectivity index (χ3n) is 3.01. The van der Waals surface area contributed by atoms with Crippen LogP contribution in [0.3, 0.4) is 0 Å². The number of nitrogens with zero attached hydrogens (tertiary/aromatic N) is 3. The summed E-state index contributed by atoms with van der Waals surface area (Å²) in [7, 11) is 0. The predicted molar refractivity (Wildman–Crippen MR) is 61.8 cm³/mol. The van der Waals surface area contributed by atoms with Gasteiger partial charge >= 0.3 is 0 Å². The lowest BCUT2D eigenvalue weighted by atomic mass is 10.2. The summed E-state index contributed by atoms with van der Waals surface area (Å²) in [5.74, 6) is -0.0705. The molecule has 3 rings (SSSR count). The molecule has 90 valence electrons. The van der Waals surface area contributed by atoms with Gasteiger partial charge in [0, 0.05) is 23.5 Å². The molecule has 0 aliphatic carbocycles. The van der Waals surface area contributed by atoms with Crippen molar-refractivity contribution in [1.29, 1.82) is 0 Å². The van der Waals surface area contributed by atoms with Crippen molar-refractivity contribution in [1.82, 2.24) is 20.1 Å². The van der Waals surface area contributed by atoms with E-state index >= 15 is 0 Å². The van der Waals surface area contributed by atoms with Gasteiger partial charge in [0.2, 0.25) is 0 Å². The maximum Gasteiger partial charge on any atom is 0.254 e. The van der Waals surface area contributed by atoms with E-state index in [2.05, 4.69) is 15.2 Å². The topological polar surface area (TPSA) is 79.0 Å². The van der Waals surface area contributed by atoms with Gasteiger partial charge in [-0.2, -0.15) is 5.10 Å². The number of hydrogen-bond acceptors (Lipinski definition) is 4. The minimum atomic E-state index is -0.0705. The molecule has 0 unspecified atom stereocenters. The van der Waals surface area contributed by atoms with E-state index in [-0.39, 0.29) is 5.91 Å². The monoisotopic (exact) mass is 242 g/mol. The molecular formula is C12H10N4O2. The number of aromatic amines is 1. The highest BCUT2D eigenvalue weighted by Gasteiger charge is 2.28. The van der Waals surface area contributed by atoms with Crippen LogP contribution in [-0.4, -0.2) is 32.3 Å². The van der Waals surface area contributed by atoms with Gasteiger partial charge in [0.15, 0.2) is 6.29 Å². The van der Waals surface area contributed by atoms with E-state index in [9.17, 15) is 9.59 Å². The van der Waals surface area contributed by atoms with Crippen molar-refractivity contribution in [3.8, 4) is 0 Å². The Morgan fingerprint density at radius 1 is 1.33 bits per heavy atom. The number of aldehydes is 1. The third-order valence-corrected chi connectivity index (χ3v) is 3.01. The number of hydrogen-bond donors (Lipinski definition) is 1. The van der Waals surface area contributed by atoms with Gasteiger partial charge in [-0.3, -0.25) is 19.7 Å². The number of nitrogens with one attached hydrogen (secondary N) is 1. The molecule has 0 atom stereocenters. The van der Waals surface area contributed by atoms with Gasteiger partial charge in [0.05, 0.1) is 18.8 Å². The number of pyridine rings is 1. The summed E-state index contributed by atoms with van der Waals surface area (Å²) in [6.45, 7) is 0.873. The summed E-state index contributed by atoms with van der Waals surface area (Å²) in [6, 6.07) is 3.35. The lowest BCUT2D eigenvalue weighted by molar-refractivity contribution is 0.0748. The van der Waals surface area contributed by atoms with Gasteiger partial charge < -0.3 is 4.90 Å². The van der Waals surface area contributed by atoms with Gasteiger partial charge in [-0.25, -0.2) is 0 Å². The second-order valence-electron chi connectivity index (χ2n) is 4.08. The molecule has 1 aliphatic rings. The van der Waals surface area contributed by atoms with Crippen molar-refractivity contribution in [2.45, 2.75) is 13.1 Å². The normalized spacial score (nSPS) is 13.4. The molecule has 6 heteroatoms. The van der Waals surface area contributed by atoms with E-state index in [1.54, 1.807) is 29.4 Å². The minimum absolute atomic E-state index is 0.0705. The standard InChI is InChI=1S/C12H10N4O2/c17-7-11-9-5-16(6-10(9)14-15-11)12(18)8-1-3-13-4-2-8/h1-4,7H,5-6H2,(H,14,15). The Kier molecular flexibility index (Phi) is 2.40. The first kappa shape index (κ1) is 10.6. The molecule has 6 nitrogen and oxygen atoms in total. The van der Waals surface area contributed by atoms with Crippen LogP contribution in [0.1, 0.15) is 32.1 Å². The lowest BCUT2D eigenvalue weighted by Crippen LogP contribution is -2.25. The molecule has 2 aromatic heterocycles. The molecule has 1 N–H and O–H groups in total. The molecular weight excluding hydrogens is 232 g/mol. The molecule has 3 heterocycles. The molecule has 1 aliphatic heterocycles. The van der Waals surface area contributed by atoms with Crippen molar-refractivity contribution in [2.75, 3.05) is 0 Å². The summed E-state index contributed by atoms with van der Waals surface area (Å²) in [5.41, 5.74) is 2.62. The highest BCUT2D eigenvalue weighted by atomic mass is 16.2. The average molecular weight is 242 g/mol. The van der Waals surface area contributed by atoms with E-state index < -0.39 is 0 Å². The Morgan fingerprint density at radius 3 is 2.83 bits per heavy atom. The molecule has 1 amide bonds. The number of rotatable bonds is 2. The second-order valence-corrected chi connectivity index (χ2v) is 4.08. The van der Waals surface area contributed by atoms with E-state index in [0.717, 1.165) is 11.3 Å². The van der Waals surface area contributed by atoms with Crippen molar-refractivity contribution in [3.63, 3.8) is 0 Å². The van der Waals surface area contributed by atoms with Crippen LogP contribution < -0.4 is 0 Å². The number of carbonyl (C=O) groups excluding carboxylic acids is 2. The Hall–Kier alpha value is -2.50.